The SMILES string of the molecule is Cc1ccc(NC(=O)C(=O)c2c(C)cccc2S(=O)(=O)O)cc1. The van der Waals surface area contributed by atoms with Crippen molar-refractivity contribution in [3.63, 3.8) is 0 Å². The zero-order chi connectivity index (χ0) is 17.2. The van der Waals surface area contributed by atoms with E-state index in [9.17, 15) is 22.6 Å². The molecule has 0 aliphatic rings. The molecule has 120 valence electrons. The molecule has 0 unspecified atom stereocenters. The third kappa shape index (κ3) is 3.82. The molecular weight excluding hydrogens is 318 g/mol. The van der Waals surface area contributed by atoms with Gasteiger partial charge in [0.05, 0.1) is 5.56 Å². The summed E-state index contributed by atoms with van der Waals surface area (Å²) >= 11 is 0. The number of hydrogen-bond donors (Lipinski definition) is 2. The number of carbonyl (C=O) groups excluding carboxylic acids is 2. The van der Waals surface area contributed by atoms with Gasteiger partial charge in [-0.05, 0) is 37.6 Å². The summed E-state index contributed by atoms with van der Waals surface area (Å²) < 4.78 is 32.0. The zero-order valence-electron chi connectivity index (χ0n) is 12.5. The molecule has 0 spiro atoms. The Hall–Kier alpha value is -2.51. The van der Waals surface area contributed by atoms with Gasteiger partial charge in [0.2, 0.25) is 0 Å². The number of hydrogen-bond acceptors (Lipinski definition) is 4. The van der Waals surface area contributed by atoms with Gasteiger partial charge in [-0.25, -0.2) is 0 Å². The number of ketones is 1. The maximum Gasteiger partial charge on any atom is 0.296 e. The van der Waals surface area contributed by atoms with Gasteiger partial charge in [0, 0.05) is 5.69 Å². The molecule has 0 radical (unpaired) electrons. The highest BCUT2D eigenvalue weighted by Crippen LogP contribution is 2.20. The first kappa shape index (κ1) is 16.9. The van der Waals surface area contributed by atoms with Gasteiger partial charge in [-0.3, -0.25) is 14.1 Å². The van der Waals surface area contributed by atoms with Crippen molar-refractivity contribution in [3.8, 4) is 0 Å². The number of amides is 1. The second-order valence-electron chi connectivity index (χ2n) is 5.07. The highest BCUT2D eigenvalue weighted by Gasteiger charge is 2.26. The highest BCUT2D eigenvalue weighted by atomic mass is 32.2. The molecule has 2 aromatic rings. The van der Waals surface area contributed by atoms with Gasteiger partial charge < -0.3 is 5.32 Å². The maximum atomic E-state index is 12.3. The number of aryl methyl sites for hydroxylation is 2. The molecule has 0 fully saturated rings. The third-order valence-electron chi connectivity index (χ3n) is 3.26. The Morgan fingerprint density at radius 2 is 1.61 bits per heavy atom. The Morgan fingerprint density at radius 3 is 2.17 bits per heavy atom. The lowest BCUT2D eigenvalue weighted by Crippen LogP contribution is -2.25. The van der Waals surface area contributed by atoms with Crippen LogP contribution in [0.15, 0.2) is 47.4 Å². The van der Waals surface area contributed by atoms with Crippen LogP contribution in [0.2, 0.25) is 0 Å². The van der Waals surface area contributed by atoms with Crippen molar-refractivity contribution in [3.05, 3.63) is 59.2 Å². The number of nitrogens with one attached hydrogen (secondary N) is 1. The van der Waals surface area contributed by atoms with E-state index in [0.717, 1.165) is 11.6 Å². The average Bonchev–Trinajstić information content (AvgIpc) is 2.47. The van der Waals surface area contributed by atoms with E-state index in [2.05, 4.69) is 5.32 Å². The Morgan fingerprint density at radius 1 is 1.00 bits per heavy atom. The van der Waals surface area contributed by atoms with E-state index in [0.29, 0.717) is 5.69 Å². The average molecular weight is 333 g/mol. The molecule has 6 nitrogen and oxygen atoms in total. The van der Waals surface area contributed by atoms with Gasteiger partial charge in [0.15, 0.2) is 0 Å². The molecule has 0 saturated heterocycles. The normalized spacial score (nSPS) is 11.1. The van der Waals surface area contributed by atoms with Crippen LogP contribution in [0.3, 0.4) is 0 Å². The van der Waals surface area contributed by atoms with Crippen LogP contribution in [0.5, 0.6) is 0 Å². The van der Waals surface area contributed by atoms with Crippen LogP contribution in [0.1, 0.15) is 21.5 Å². The van der Waals surface area contributed by atoms with E-state index in [4.69, 9.17) is 0 Å². The Balaban J connectivity index is 2.37. The Kier molecular flexibility index (Phi) is 4.63. The number of rotatable bonds is 4. The third-order valence-corrected chi connectivity index (χ3v) is 4.15. The number of Topliss-reactive ketones (excluding diaryl/α,β-unsaturated/α-hetero) is 1. The minimum Gasteiger partial charge on any atom is -0.319 e. The van der Waals surface area contributed by atoms with Crippen molar-refractivity contribution >= 4 is 27.5 Å². The van der Waals surface area contributed by atoms with E-state index in [1.165, 1.54) is 19.1 Å². The van der Waals surface area contributed by atoms with Crippen LogP contribution in [-0.2, 0) is 14.9 Å². The first-order chi connectivity index (χ1) is 10.7. The maximum absolute atomic E-state index is 12.3. The fourth-order valence-electron chi connectivity index (χ4n) is 2.09. The van der Waals surface area contributed by atoms with Gasteiger partial charge in [-0.2, -0.15) is 8.42 Å². The van der Waals surface area contributed by atoms with Crippen LogP contribution in [0, 0.1) is 13.8 Å². The standard InChI is InChI=1S/C16H15NO5S/c1-10-6-8-12(9-7-10)17-16(19)15(18)14-11(2)4-3-5-13(14)23(20,21)22/h3-9H,1-2H3,(H,17,19)(H,20,21,22). The second-order valence-corrected chi connectivity index (χ2v) is 6.46. The van der Waals surface area contributed by atoms with Gasteiger partial charge >= 0.3 is 0 Å². The molecule has 23 heavy (non-hydrogen) atoms. The van der Waals surface area contributed by atoms with Gasteiger partial charge in [-0.1, -0.05) is 29.8 Å². The summed E-state index contributed by atoms with van der Waals surface area (Å²) in [4.78, 5) is 23.8. The summed E-state index contributed by atoms with van der Waals surface area (Å²) in [5.41, 5.74) is 1.35. The molecule has 0 heterocycles. The Labute approximate surface area is 133 Å². The first-order valence-electron chi connectivity index (χ1n) is 6.69. The van der Waals surface area contributed by atoms with Crippen molar-refractivity contribution in [2.24, 2.45) is 0 Å². The van der Waals surface area contributed by atoms with Crippen molar-refractivity contribution in [2.45, 2.75) is 18.7 Å². The van der Waals surface area contributed by atoms with E-state index >= 15 is 0 Å². The summed E-state index contributed by atoms with van der Waals surface area (Å²) in [5, 5.41) is 2.41. The lowest BCUT2D eigenvalue weighted by molar-refractivity contribution is -0.112. The van der Waals surface area contributed by atoms with Gasteiger partial charge in [0.1, 0.15) is 4.90 Å². The predicted molar refractivity (Wildman–Crippen MR) is 85.1 cm³/mol. The van der Waals surface area contributed by atoms with Crippen LogP contribution < -0.4 is 5.32 Å². The molecule has 2 N–H and O–H groups in total. The van der Waals surface area contributed by atoms with Crippen LogP contribution >= 0.6 is 0 Å². The highest BCUT2D eigenvalue weighted by molar-refractivity contribution is 7.86. The summed E-state index contributed by atoms with van der Waals surface area (Å²) in [6.07, 6.45) is 0. The number of benzene rings is 2. The summed E-state index contributed by atoms with van der Waals surface area (Å²) in [6, 6.07) is 10.7. The first-order valence-corrected chi connectivity index (χ1v) is 8.13. The lowest BCUT2D eigenvalue weighted by atomic mass is 10.0. The van der Waals surface area contributed by atoms with E-state index in [1.807, 2.05) is 6.92 Å². The largest absolute Gasteiger partial charge is 0.319 e. The molecule has 2 rings (SSSR count). The van der Waals surface area contributed by atoms with E-state index in [1.54, 1.807) is 24.3 Å². The second kappa shape index (κ2) is 6.31. The molecule has 0 aromatic heterocycles. The van der Waals surface area contributed by atoms with E-state index < -0.39 is 26.7 Å². The summed E-state index contributed by atoms with van der Waals surface area (Å²) in [6.45, 7) is 3.36. The minimum atomic E-state index is -4.61. The fourth-order valence-corrected chi connectivity index (χ4v) is 2.85. The lowest BCUT2D eigenvalue weighted by Gasteiger charge is -2.10. The molecule has 0 saturated carbocycles. The minimum absolute atomic E-state index is 0.282. The Bertz CT molecular complexity index is 870. The molecular formula is C16H15NO5S. The summed E-state index contributed by atoms with van der Waals surface area (Å²) in [5.74, 6) is -2.01. The number of carbonyl (C=O) groups is 2. The molecule has 0 bridgehead atoms. The molecule has 0 atom stereocenters. The molecule has 2 aromatic carbocycles. The predicted octanol–water partition coefficient (Wildman–Crippen LogP) is 2.37. The fraction of sp³-hybridized carbons (Fsp3) is 0.125. The monoisotopic (exact) mass is 333 g/mol. The molecule has 7 heteroatoms. The van der Waals surface area contributed by atoms with Gasteiger partial charge in [-0.15, -0.1) is 0 Å². The van der Waals surface area contributed by atoms with Crippen molar-refractivity contribution in [1.29, 1.82) is 0 Å². The molecule has 0 aliphatic heterocycles. The van der Waals surface area contributed by atoms with Crippen molar-refractivity contribution < 1.29 is 22.6 Å². The van der Waals surface area contributed by atoms with Gasteiger partial charge in [0.25, 0.3) is 21.8 Å². The van der Waals surface area contributed by atoms with Crippen molar-refractivity contribution in [2.75, 3.05) is 5.32 Å². The van der Waals surface area contributed by atoms with Crippen LogP contribution in [0.25, 0.3) is 0 Å². The van der Waals surface area contributed by atoms with E-state index in [-0.39, 0.29) is 11.1 Å². The molecule has 0 aliphatic carbocycles. The zero-order valence-corrected chi connectivity index (χ0v) is 13.3. The summed E-state index contributed by atoms with van der Waals surface area (Å²) in [7, 11) is -4.61. The quantitative estimate of drug-likeness (QED) is 0.508. The van der Waals surface area contributed by atoms with Crippen molar-refractivity contribution in [1.82, 2.24) is 0 Å². The smallest absolute Gasteiger partial charge is 0.296 e. The topological polar surface area (TPSA) is 101 Å². The van der Waals surface area contributed by atoms with Crippen LogP contribution in [-0.4, -0.2) is 24.7 Å². The molecule has 1 amide bonds. The van der Waals surface area contributed by atoms with Crippen LogP contribution in [0.4, 0.5) is 5.69 Å². The number of anilines is 1.